The lowest BCUT2D eigenvalue weighted by atomic mass is 10.1. The van der Waals surface area contributed by atoms with E-state index in [1.165, 1.54) is 0 Å². The van der Waals surface area contributed by atoms with Gasteiger partial charge in [0.25, 0.3) is 0 Å². The summed E-state index contributed by atoms with van der Waals surface area (Å²) >= 11 is 3.33. The van der Waals surface area contributed by atoms with Gasteiger partial charge in [-0.05, 0) is 52.3 Å². The highest BCUT2D eigenvalue weighted by atomic mass is 79.9. The van der Waals surface area contributed by atoms with E-state index in [-0.39, 0.29) is 12.2 Å². The largest absolute Gasteiger partial charge is 0.462 e. The second-order valence-corrected chi connectivity index (χ2v) is 6.41. The Morgan fingerprint density at radius 3 is 2.43 bits per heavy atom. The number of rotatable bonds is 3. The van der Waals surface area contributed by atoms with Crippen LogP contribution >= 0.6 is 15.9 Å². The molecule has 0 fully saturated rings. The monoisotopic (exact) mass is 357 g/mol. The van der Waals surface area contributed by atoms with Gasteiger partial charge in [0, 0.05) is 4.47 Å². The molecular weight excluding hydrogens is 338 g/mol. The molecule has 0 aliphatic heterocycles. The Morgan fingerprint density at radius 1 is 1.29 bits per heavy atom. The van der Waals surface area contributed by atoms with E-state index in [0.717, 1.165) is 10.0 Å². The second kappa shape index (κ2) is 6.93. The van der Waals surface area contributed by atoms with Crippen LogP contribution in [0, 0.1) is 6.92 Å². The predicted molar refractivity (Wildman–Crippen MR) is 84.7 cm³/mol. The normalized spacial score (nSPS) is 11.0. The number of hydrogen-bond donors (Lipinski definition) is 1. The SMILES string of the molecule is CCOC(=O)c1cc(Br)cc(C)c1NC(=O)OC(C)(C)C. The number of anilines is 1. The topological polar surface area (TPSA) is 64.6 Å². The van der Waals surface area contributed by atoms with Crippen LogP contribution < -0.4 is 5.32 Å². The molecule has 0 aliphatic carbocycles. The maximum absolute atomic E-state index is 12.0. The lowest BCUT2D eigenvalue weighted by Gasteiger charge is -2.21. The summed E-state index contributed by atoms with van der Waals surface area (Å²) in [6.45, 7) is 9.09. The fourth-order valence-electron chi connectivity index (χ4n) is 1.68. The molecule has 1 amide bonds. The number of hydrogen-bond acceptors (Lipinski definition) is 4. The van der Waals surface area contributed by atoms with E-state index >= 15 is 0 Å². The molecular formula is C15H20BrNO4. The summed E-state index contributed by atoms with van der Waals surface area (Å²) in [5.74, 6) is -0.493. The number of carbonyl (C=O) groups is 2. The predicted octanol–water partition coefficient (Wildman–Crippen LogP) is 4.28. The Labute approximate surface area is 133 Å². The summed E-state index contributed by atoms with van der Waals surface area (Å²) in [6.07, 6.45) is -0.613. The number of ether oxygens (including phenoxy) is 2. The van der Waals surface area contributed by atoms with Crippen LogP contribution in [0.5, 0.6) is 0 Å². The molecule has 0 saturated heterocycles. The molecule has 21 heavy (non-hydrogen) atoms. The van der Waals surface area contributed by atoms with E-state index < -0.39 is 17.7 Å². The van der Waals surface area contributed by atoms with Crippen molar-refractivity contribution in [3.63, 3.8) is 0 Å². The first-order valence-corrected chi connectivity index (χ1v) is 7.40. The van der Waals surface area contributed by atoms with Crippen molar-refractivity contribution >= 4 is 33.7 Å². The van der Waals surface area contributed by atoms with Crippen LogP contribution in [-0.2, 0) is 9.47 Å². The standard InChI is InChI=1S/C15H20BrNO4/c1-6-20-13(18)11-8-10(16)7-9(2)12(11)17-14(19)21-15(3,4)5/h7-8H,6H2,1-5H3,(H,17,19). The molecule has 0 spiro atoms. The van der Waals surface area contributed by atoms with Crippen molar-refractivity contribution in [2.45, 2.75) is 40.2 Å². The zero-order chi connectivity index (χ0) is 16.2. The Kier molecular flexibility index (Phi) is 5.78. The summed E-state index contributed by atoms with van der Waals surface area (Å²) in [7, 11) is 0. The number of halogens is 1. The zero-order valence-corrected chi connectivity index (χ0v) is 14.5. The molecule has 0 aromatic heterocycles. The Bertz CT molecular complexity index is 549. The van der Waals surface area contributed by atoms with Gasteiger partial charge >= 0.3 is 12.1 Å². The molecule has 1 rings (SSSR count). The fraction of sp³-hybridized carbons (Fsp3) is 0.467. The van der Waals surface area contributed by atoms with E-state index in [0.29, 0.717) is 5.69 Å². The molecule has 0 heterocycles. The molecule has 1 aromatic carbocycles. The van der Waals surface area contributed by atoms with Crippen LogP contribution in [0.1, 0.15) is 43.6 Å². The fourth-order valence-corrected chi connectivity index (χ4v) is 2.26. The van der Waals surface area contributed by atoms with Crippen LogP contribution in [0.4, 0.5) is 10.5 Å². The van der Waals surface area contributed by atoms with Crippen molar-refractivity contribution in [1.29, 1.82) is 0 Å². The van der Waals surface area contributed by atoms with Crippen LogP contribution in [0.15, 0.2) is 16.6 Å². The third-order valence-corrected chi connectivity index (χ3v) is 2.88. The van der Waals surface area contributed by atoms with Crippen LogP contribution in [0.2, 0.25) is 0 Å². The van der Waals surface area contributed by atoms with Crippen LogP contribution in [0.3, 0.4) is 0 Å². The average Bonchev–Trinajstić information content (AvgIpc) is 2.30. The molecule has 0 bridgehead atoms. The average molecular weight is 358 g/mol. The van der Waals surface area contributed by atoms with E-state index in [9.17, 15) is 9.59 Å². The van der Waals surface area contributed by atoms with Crippen molar-refractivity contribution in [2.24, 2.45) is 0 Å². The lowest BCUT2D eigenvalue weighted by Crippen LogP contribution is -2.28. The summed E-state index contributed by atoms with van der Waals surface area (Å²) in [6, 6.07) is 3.41. The number of esters is 1. The van der Waals surface area contributed by atoms with E-state index in [4.69, 9.17) is 9.47 Å². The highest BCUT2D eigenvalue weighted by molar-refractivity contribution is 9.10. The third kappa shape index (κ3) is 5.38. The first-order valence-electron chi connectivity index (χ1n) is 6.61. The number of aryl methyl sites for hydroxylation is 1. The molecule has 1 N–H and O–H groups in total. The van der Waals surface area contributed by atoms with Crippen molar-refractivity contribution in [3.05, 3.63) is 27.7 Å². The third-order valence-electron chi connectivity index (χ3n) is 2.42. The van der Waals surface area contributed by atoms with Gasteiger partial charge < -0.3 is 9.47 Å². The number of carbonyl (C=O) groups excluding carboxylic acids is 2. The van der Waals surface area contributed by atoms with Gasteiger partial charge in [-0.2, -0.15) is 0 Å². The molecule has 116 valence electrons. The van der Waals surface area contributed by atoms with Gasteiger partial charge in [-0.15, -0.1) is 0 Å². The van der Waals surface area contributed by atoms with Gasteiger partial charge in [-0.25, -0.2) is 9.59 Å². The minimum atomic E-state index is -0.614. The summed E-state index contributed by atoms with van der Waals surface area (Å²) in [5.41, 5.74) is 0.802. The molecule has 1 aromatic rings. The van der Waals surface area contributed by atoms with Crippen molar-refractivity contribution in [3.8, 4) is 0 Å². The molecule has 0 saturated carbocycles. The smallest absolute Gasteiger partial charge is 0.412 e. The summed E-state index contributed by atoms with van der Waals surface area (Å²) in [4.78, 5) is 23.9. The van der Waals surface area contributed by atoms with Crippen molar-refractivity contribution in [1.82, 2.24) is 0 Å². The second-order valence-electron chi connectivity index (χ2n) is 5.49. The molecule has 0 radical (unpaired) electrons. The Morgan fingerprint density at radius 2 is 1.90 bits per heavy atom. The maximum atomic E-state index is 12.0. The van der Waals surface area contributed by atoms with Gasteiger partial charge in [0.1, 0.15) is 5.60 Å². The van der Waals surface area contributed by atoms with Crippen LogP contribution in [-0.4, -0.2) is 24.3 Å². The minimum Gasteiger partial charge on any atom is -0.462 e. The minimum absolute atomic E-state index is 0.260. The summed E-state index contributed by atoms with van der Waals surface area (Å²) < 4.78 is 11.0. The first-order chi connectivity index (χ1) is 9.64. The highest BCUT2D eigenvalue weighted by Gasteiger charge is 2.21. The molecule has 0 aliphatic rings. The maximum Gasteiger partial charge on any atom is 0.412 e. The van der Waals surface area contributed by atoms with Gasteiger partial charge in [-0.1, -0.05) is 15.9 Å². The number of benzene rings is 1. The zero-order valence-electron chi connectivity index (χ0n) is 12.9. The molecule has 0 atom stereocenters. The summed E-state index contributed by atoms with van der Waals surface area (Å²) in [5, 5.41) is 2.62. The Balaban J connectivity index is 3.10. The van der Waals surface area contributed by atoms with Gasteiger partial charge in [0.15, 0.2) is 0 Å². The molecule has 0 unspecified atom stereocenters. The molecule has 5 nitrogen and oxygen atoms in total. The van der Waals surface area contributed by atoms with Crippen molar-refractivity contribution < 1.29 is 19.1 Å². The van der Waals surface area contributed by atoms with Gasteiger partial charge in [-0.3, -0.25) is 5.32 Å². The van der Waals surface area contributed by atoms with E-state index in [1.807, 2.05) is 0 Å². The highest BCUT2D eigenvalue weighted by Crippen LogP contribution is 2.27. The number of amides is 1. The van der Waals surface area contributed by atoms with E-state index in [1.54, 1.807) is 46.8 Å². The Hall–Kier alpha value is -1.56. The lowest BCUT2D eigenvalue weighted by molar-refractivity contribution is 0.0527. The number of nitrogens with one attached hydrogen (secondary N) is 1. The van der Waals surface area contributed by atoms with Crippen LogP contribution in [0.25, 0.3) is 0 Å². The van der Waals surface area contributed by atoms with Crippen molar-refractivity contribution in [2.75, 3.05) is 11.9 Å². The van der Waals surface area contributed by atoms with E-state index in [2.05, 4.69) is 21.2 Å². The van der Waals surface area contributed by atoms with Gasteiger partial charge in [0.05, 0.1) is 17.9 Å². The molecule has 6 heteroatoms. The first kappa shape index (κ1) is 17.5. The van der Waals surface area contributed by atoms with Gasteiger partial charge in [0.2, 0.25) is 0 Å². The quantitative estimate of drug-likeness (QED) is 0.819.